The third-order valence-corrected chi connectivity index (χ3v) is 5.65. The number of aromatic amines is 1. The average molecular weight is 412 g/mol. The molecule has 1 aromatic carbocycles. The molecule has 5 heterocycles. The van der Waals surface area contributed by atoms with Crippen LogP contribution >= 0.6 is 0 Å². The molecule has 1 N–H and O–H groups in total. The van der Waals surface area contributed by atoms with Crippen molar-refractivity contribution in [1.82, 2.24) is 34.9 Å². The summed E-state index contributed by atoms with van der Waals surface area (Å²) in [5, 5.41) is 13.0. The van der Waals surface area contributed by atoms with E-state index in [0.717, 1.165) is 63.7 Å². The maximum Gasteiger partial charge on any atom is 0.191 e. The first-order chi connectivity index (χ1) is 15.1. The Bertz CT molecular complexity index is 1410. The predicted molar refractivity (Wildman–Crippen MR) is 115 cm³/mol. The summed E-state index contributed by atoms with van der Waals surface area (Å²) in [6, 6.07) is 8.22. The Morgan fingerprint density at radius 2 is 2.06 bits per heavy atom. The van der Waals surface area contributed by atoms with E-state index in [9.17, 15) is 0 Å². The fourth-order valence-corrected chi connectivity index (χ4v) is 4.13. The molecule has 0 radical (unpaired) electrons. The summed E-state index contributed by atoms with van der Waals surface area (Å²) in [5.41, 5.74) is 5.68. The number of benzene rings is 1. The lowest BCUT2D eigenvalue weighted by Gasteiger charge is -2.26. The maximum atomic E-state index is 5.68. The normalized spacial score (nSPS) is 13.7. The molecule has 0 saturated carbocycles. The number of aromatic nitrogens is 7. The second-order valence-electron chi connectivity index (χ2n) is 7.77. The van der Waals surface area contributed by atoms with E-state index in [4.69, 9.17) is 4.42 Å². The van der Waals surface area contributed by atoms with E-state index in [1.54, 1.807) is 11.0 Å². The zero-order valence-electron chi connectivity index (χ0n) is 17.2. The number of rotatable bonds is 3. The molecule has 154 valence electrons. The highest BCUT2D eigenvalue weighted by atomic mass is 16.4. The summed E-state index contributed by atoms with van der Waals surface area (Å²) in [6.45, 7) is 3.38. The van der Waals surface area contributed by atoms with Crippen LogP contribution in [0.2, 0.25) is 0 Å². The number of anilines is 1. The highest BCUT2D eigenvalue weighted by Crippen LogP contribution is 2.31. The molecular formula is C22H20N8O. The molecule has 0 amide bonds. The summed E-state index contributed by atoms with van der Waals surface area (Å²) in [4.78, 5) is 15.7. The van der Waals surface area contributed by atoms with Gasteiger partial charge in [0, 0.05) is 50.1 Å². The first-order valence-corrected chi connectivity index (χ1v) is 10.1. The van der Waals surface area contributed by atoms with Gasteiger partial charge in [0.1, 0.15) is 29.3 Å². The first-order valence-electron chi connectivity index (χ1n) is 10.1. The number of nitrogens with one attached hydrogen (secondary N) is 1. The fraction of sp³-hybridized carbons (Fsp3) is 0.227. The van der Waals surface area contributed by atoms with Crippen LogP contribution in [0.1, 0.15) is 17.3 Å². The van der Waals surface area contributed by atoms with Crippen LogP contribution in [0.25, 0.3) is 33.4 Å². The van der Waals surface area contributed by atoms with Gasteiger partial charge in [-0.1, -0.05) is 6.07 Å². The van der Waals surface area contributed by atoms with E-state index in [-0.39, 0.29) is 0 Å². The van der Waals surface area contributed by atoms with E-state index in [2.05, 4.69) is 47.3 Å². The van der Waals surface area contributed by atoms with Crippen molar-refractivity contribution in [3.8, 4) is 22.5 Å². The largest absolute Gasteiger partial charge is 0.446 e. The first kappa shape index (κ1) is 17.8. The summed E-state index contributed by atoms with van der Waals surface area (Å²) < 4.78 is 7.48. The molecule has 4 aromatic heterocycles. The van der Waals surface area contributed by atoms with Crippen molar-refractivity contribution in [3.05, 3.63) is 60.3 Å². The van der Waals surface area contributed by atoms with E-state index in [1.807, 2.05) is 38.5 Å². The van der Waals surface area contributed by atoms with Gasteiger partial charge in [0.05, 0.1) is 24.0 Å². The topological polar surface area (TPSA) is 102 Å². The van der Waals surface area contributed by atoms with E-state index >= 15 is 0 Å². The standard InChI is InChI=1S/C22H20N8O/c1-13-26-19-11-30(6-5-20(19)31-13)21-8-18(23-12-24-21)22-16-7-14(3-4-17(16)27-28-22)15-9-25-29(2)10-15/h3-4,7-10,12H,5-6,11H2,1-2H3,(H,27,28). The van der Waals surface area contributed by atoms with E-state index < -0.39 is 0 Å². The smallest absolute Gasteiger partial charge is 0.191 e. The van der Waals surface area contributed by atoms with Gasteiger partial charge in [-0.15, -0.1) is 0 Å². The summed E-state index contributed by atoms with van der Waals surface area (Å²) in [5.74, 6) is 2.54. The molecule has 1 aliphatic heterocycles. The van der Waals surface area contributed by atoms with Gasteiger partial charge < -0.3 is 9.32 Å². The van der Waals surface area contributed by atoms with Gasteiger partial charge in [-0.25, -0.2) is 15.0 Å². The third-order valence-electron chi connectivity index (χ3n) is 5.65. The van der Waals surface area contributed by atoms with Crippen molar-refractivity contribution in [2.75, 3.05) is 11.4 Å². The van der Waals surface area contributed by atoms with Crippen molar-refractivity contribution in [2.45, 2.75) is 19.9 Å². The molecule has 9 nitrogen and oxygen atoms in total. The minimum Gasteiger partial charge on any atom is -0.446 e. The van der Waals surface area contributed by atoms with Crippen molar-refractivity contribution in [1.29, 1.82) is 0 Å². The Balaban J connectivity index is 1.37. The molecule has 0 fully saturated rings. The minimum atomic E-state index is 0.676. The predicted octanol–water partition coefficient (Wildman–Crippen LogP) is 3.28. The highest BCUT2D eigenvalue weighted by Gasteiger charge is 2.23. The molecule has 1 aliphatic rings. The number of hydrogen-bond donors (Lipinski definition) is 1. The van der Waals surface area contributed by atoms with Crippen LogP contribution in [0.15, 0.2) is 47.4 Å². The second-order valence-corrected chi connectivity index (χ2v) is 7.77. The van der Waals surface area contributed by atoms with Crippen LogP contribution in [0.3, 0.4) is 0 Å². The Hall–Kier alpha value is -4.01. The molecule has 0 spiro atoms. The molecule has 0 aliphatic carbocycles. The summed E-state index contributed by atoms with van der Waals surface area (Å²) in [7, 11) is 1.91. The Morgan fingerprint density at radius 1 is 1.13 bits per heavy atom. The number of aryl methyl sites for hydroxylation is 2. The van der Waals surface area contributed by atoms with E-state index in [1.165, 1.54) is 0 Å². The lowest BCUT2D eigenvalue weighted by atomic mass is 10.1. The number of oxazole rings is 1. The Kier molecular flexibility index (Phi) is 3.89. The molecule has 0 unspecified atom stereocenters. The molecule has 0 bridgehead atoms. The minimum absolute atomic E-state index is 0.676. The zero-order chi connectivity index (χ0) is 20.9. The van der Waals surface area contributed by atoms with Crippen molar-refractivity contribution in [2.24, 2.45) is 7.05 Å². The van der Waals surface area contributed by atoms with Crippen LogP contribution < -0.4 is 4.90 Å². The van der Waals surface area contributed by atoms with Gasteiger partial charge in [0.15, 0.2) is 5.89 Å². The van der Waals surface area contributed by atoms with Crippen molar-refractivity contribution >= 4 is 16.7 Å². The van der Waals surface area contributed by atoms with Crippen LogP contribution in [0, 0.1) is 6.92 Å². The summed E-state index contributed by atoms with van der Waals surface area (Å²) in [6.07, 6.45) is 6.27. The monoisotopic (exact) mass is 412 g/mol. The number of fused-ring (bicyclic) bond motifs is 2. The maximum absolute atomic E-state index is 5.68. The number of nitrogens with zero attached hydrogens (tertiary/aromatic N) is 7. The molecule has 6 rings (SSSR count). The van der Waals surface area contributed by atoms with Gasteiger partial charge >= 0.3 is 0 Å². The lowest BCUT2D eigenvalue weighted by molar-refractivity contribution is 0.463. The Labute approximate surface area is 177 Å². The van der Waals surface area contributed by atoms with Crippen LogP contribution in [-0.2, 0) is 20.0 Å². The number of hydrogen-bond acceptors (Lipinski definition) is 7. The van der Waals surface area contributed by atoms with Crippen molar-refractivity contribution in [3.63, 3.8) is 0 Å². The fourth-order valence-electron chi connectivity index (χ4n) is 4.13. The molecule has 0 saturated heterocycles. The summed E-state index contributed by atoms with van der Waals surface area (Å²) >= 11 is 0. The molecule has 9 heteroatoms. The third kappa shape index (κ3) is 3.05. The molecule has 31 heavy (non-hydrogen) atoms. The van der Waals surface area contributed by atoms with Gasteiger partial charge in [-0.3, -0.25) is 9.78 Å². The van der Waals surface area contributed by atoms with Crippen LogP contribution in [-0.4, -0.2) is 41.5 Å². The van der Waals surface area contributed by atoms with Crippen LogP contribution in [0.5, 0.6) is 0 Å². The molecule has 5 aromatic rings. The van der Waals surface area contributed by atoms with Crippen molar-refractivity contribution < 1.29 is 4.42 Å². The van der Waals surface area contributed by atoms with Gasteiger partial charge in [-0.2, -0.15) is 10.2 Å². The van der Waals surface area contributed by atoms with Gasteiger partial charge in [0.25, 0.3) is 0 Å². The lowest BCUT2D eigenvalue weighted by Crippen LogP contribution is -2.30. The molecule has 0 atom stereocenters. The SMILES string of the molecule is Cc1nc2c(o1)CCN(c1cc(-c3n[nH]c4ccc(-c5cnn(C)c5)cc34)ncn1)C2. The average Bonchev–Trinajstić information content (AvgIpc) is 3.49. The molecular weight excluding hydrogens is 392 g/mol. The second kappa shape index (κ2) is 6.76. The Morgan fingerprint density at radius 3 is 2.94 bits per heavy atom. The highest BCUT2D eigenvalue weighted by molar-refractivity contribution is 5.95. The van der Waals surface area contributed by atoms with Crippen LogP contribution in [0.4, 0.5) is 5.82 Å². The van der Waals surface area contributed by atoms with E-state index in [0.29, 0.717) is 12.4 Å². The van der Waals surface area contributed by atoms with Gasteiger partial charge in [0.2, 0.25) is 0 Å². The van der Waals surface area contributed by atoms with Gasteiger partial charge in [-0.05, 0) is 17.7 Å². The quantitative estimate of drug-likeness (QED) is 0.485. The zero-order valence-corrected chi connectivity index (χ0v) is 17.2. The number of H-pyrrole nitrogens is 1.